The van der Waals surface area contributed by atoms with E-state index in [1.54, 1.807) is 0 Å². The lowest BCUT2D eigenvalue weighted by atomic mass is 9.99. The quantitative estimate of drug-likeness (QED) is 0.906. The first-order valence-electron chi connectivity index (χ1n) is 8.39. The SMILES string of the molecule is Cc1ccccc1C1CCCN1C(=O)NCCc1ccccc1. The Balaban J connectivity index is 1.59. The maximum absolute atomic E-state index is 12.5. The van der Waals surface area contributed by atoms with Crippen LogP contribution in [-0.2, 0) is 6.42 Å². The van der Waals surface area contributed by atoms with Crippen LogP contribution < -0.4 is 5.32 Å². The van der Waals surface area contributed by atoms with Crippen LogP contribution in [0.15, 0.2) is 54.6 Å². The number of nitrogens with zero attached hydrogens (tertiary/aromatic N) is 1. The summed E-state index contributed by atoms with van der Waals surface area (Å²) < 4.78 is 0. The van der Waals surface area contributed by atoms with E-state index in [9.17, 15) is 4.79 Å². The zero-order valence-corrected chi connectivity index (χ0v) is 13.7. The zero-order valence-electron chi connectivity index (χ0n) is 13.7. The van der Waals surface area contributed by atoms with Crippen LogP contribution in [0.1, 0.15) is 35.6 Å². The van der Waals surface area contributed by atoms with Gasteiger partial charge in [0.25, 0.3) is 0 Å². The van der Waals surface area contributed by atoms with Gasteiger partial charge in [0.1, 0.15) is 0 Å². The predicted octanol–water partition coefficient (Wildman–Crippen LogP) is 4.08. The molecule has 0 aromatic heterocycles. The molecule has 2 aromatic rings. The molecule has 2 aromatic carbocycles. The monoisotopic (exact) mass is 308 g/mol. The number of carbonyl (C=O) groups excluding carboxylic acids is 1. The summed E-state index contributed by atoms with van der Waals surface area (Å²) in [6.07, 6.45) is 3.00. The Bertz CT molecular complexity index is 654. The molecule has 1 aliphatic rings. The van der Waals surface area contributed by atoms with Gasteiger partial charge in [-0.05, 0) is 42.9 Å². The number of hydrogen-bond acceptors (Lipinski definition) is 1. The van der Waals surface area contributed by atoms with E-state index in [-0.39, 0.29) is 12.1 Å². The Labute approximate surface area is 138 Å². The summed E-state index contributed by atoms with van der Waals surface area (Å²) in [7, 11) is 0. The second-order valence-corrected chi connectivity index (χ2v) is 6.18. The standard InChI is InChI=1S/C20H24N2O/c1-16-8-5-6-11-18(16)19-12-7-15-22(19)20(23)21-14-13-17-9-3-2-4-10-17/h2-6,8-11,19H,7,12-15H2,1H3,(H,21,23). The van der Waals surface area contributed by atoms with E-state index in [1.807, 2.05) is 23.1 Å². The Morgan fingerprint density at radius 1 is 1.13 bits per heavy atom. The third kappa shape index (κ3) is 3.73. The highest BCUT2D eigenvalue weighted by atomic mass is 16.2. The summed E-state index contributed by atoms with van der Waals surface area (Å²) in [5, 5.41) is 3.08. The minimum atomic E-state index is 0.0617. The molecule has 3 heteroatoms. The minimum Gasteiger partial charge on any atom is -0.338 e. The molecule has 1 atom stereocenters. The van der Waals surface area contributed by atoms with Crippen LogP contribution in [0.25, 0.3) is 0 Å². The minimum absolute atomic E-state index is 0.0617. The van der Waals surface area contributed by atoms with Gasteiger partial charge in [-0.2, -0.15) is 0 Å². The summed E-state index contributed by atoms with van der Waals surface area (Å²) in [4.78, 5) is 14.5. The lowest BCUT2D eigenvalue weighted by Gasteiger charge is -2.26. The van der Waals surface area contributed by atoms with Crippen molar-refractivity contribution in [2.45, 2.75) is 32.2 Å². The molecule has 3 nitrogen and oxygen atoms in total. The molecule has 1 heterocycles. The average Bonchev–Trinajstić information content (AvgIpc) is 3.06. The van der Waals surface area contributed by atoms with E-state index in [1.165, 1.54) is 16.7 Å². The van der Waals surface area contributed by atoms with Gasteiger partial charge in [0.05, 0.1) is 6.04 Å². The molecule has 3 rings (SSSR count). The molecular weight excluding hydrogens is 284 g/mol. The molecule has 0 bridgehead atoms. The first-order valence-corrected chi connectivity index (χ1v) is 8.39. The van der Waals surface area contributed by atoms with Crippen molar-refractivity contribution in [3.05, 3.63) is 71.3 Å². The molecule has 1 N–H and O–H groups in total. The van der Waals surface area contributed by atoms with Gasteiger partial charge >= 0.3 is 6.03 Å². The number of carbonyl (C=O) groups is 1. The number of benzene rings is 2. The van der Waals surface area contributed by atoms with Gasteiger partial charge in [-0.1, -0.05) is 54.6 Å². The molecule has 0 spiro atoms. The summed E-state index contributed by atoms with van der Waals surface area (Å²) in [5.41, 5.74) is 3.80. The number of amides is 2. The van der Waals surface area contributed by atoms with Crippen LogP contribution in [0.3, 0.4) is 0 Å². The van der Waals surface area contributed by atoms with Crippen molar-refractivity contribution < 1.29 is 4.79 Å². The number of likely N-dealkylation sites (tertiary alicyclic amines) is 1. The maximum atomic E-state index is 12.5. The Morgan fingerprint density at radius 2 is 1.87 bits per heavy atom. The van der Waals surface area contributed by atoms with Crippen LogP contribution in [0.5, 0.6) is 0 Å². The van der Waals surface area contributed by atoms with Gasteiger partial charge in [0.2, 0.25) is 0 Å². The van der Waals surface area contributed by atoms with Crippen LogP contribution in [0.2, 0.25) is 0 Å². The molecule has 120 valence electrons. The van der Waals surface area contributed by atoms with Crippen molar-refractivity contribution >= 4 is 6.03 Å². The molecule has 0 saturated carbocycles. The van der Waals surface area contributed by atoms with Gasteiger partial charge < -0.3 is 10.2 Å². The van der Waals surface area contributed by atoms with Gasteiger partial charge in [0.15, 0.2) is 0 Å². The van der Waals surface area contributed by atoms with Crippen molar-refractivity contribution in [2.75, 3.05) is 13.1 Å². The van der Waals surface area contributed by atoms with Crippen LogP contribution >= 0.6 is 0 Å². The highest BCUT2D eigenvalue weighted by Gasteiger charge is 2.30. The third-order valence-corrected chi connectivity index (χ3v) is 4.59. The van der Waals surface area contributed by atoms with Crippen molar-refractivity contribution in [1.82, 2.24) is 10.2 Å². The first kappa shape index (κ1) is 15.6. The van der Waals surface area contributed by atoms with E-state index < -0.39 is 0 Å². The predicted molar refractivity (Wildman–Crippen MR) is 93.4 cm³/mol. The Morgan fingerprint density at radius 3 is 2.65 bits per heavy atom. The average molecular weight is 308 g/mol. The van der Waals surface area contributed by atoms with E-state index in [4.69, 9.17) is 0 Å². The van der Waals surface area contributed by atoms with E-state index >= 15 is 0 Å². The van der Waals surface area contributed by atoms with Crippen molar-refractivity contribution in [1.29, 1.82) is 0 Å². The lowest BCUT2D eigenvalue weighted by molar-refractivity contribution is 0.193. The number of nitrogens with one attached hydrogen (secondary N) is 1. The molecule has 2 amide bonds. The van der Waals surface area contributed by atoms with Crippen LogP contribution in [0, 0.1) is 6.92 Å². The van der Waals surface area contributed by atoms with Crippen molar-refractivity contribution in [3.63, 3.8) is 0 Å². The first-order chi connectivity index (χ1) is 11.3. The largest absolute Gasteiger partial charge is 0.338 e. The number of aryl methyl sites for hydroxylation is 1. The molecule has 0 radical (unpaired) electrons. The van der Waals surface area contributed by atoms with E-state index in [0.717, 1.165) is 25.8 Å². The molecule has 1 unspecified atom stereocenters. The number of urea groups is 1. The topological polar surface area (TPSA) is 32.3 Å². The number of rotatable bonds is 4. The molecule has 1 fully saturated rings. The Kier molecular flexibility index (Phi) is 4.96. The fourth-order valence-electron chi connectivity index (χ4n) is 3.35. The lowest BCUT2D eigenvalue weighted by Crippen LogP contribution is -2.40. The summed E-state index contributed by atoms with van der Waals surface area (Å²) in [6.45, 7) is 3.65. The van der Waals surface area contributed by atoms with Gasteiger partial charge in [0, 0.05) is 13.1 Å². The highest BCUT2D eigenvalue weighted by molar-refractivity contribution is 5.75. The van der Waals surface area contributed by atoms with E-state index in [0.29, 0.717) is 6.54 Å². The van der Waals surface area contributed by atoms with Crippen molar-refractivity contribution in [2.24, 2.45) is 0 Å². The number of hydrogen-bond donors (Lipinski definition) is 1. The van der Waals surface area contributed by atoms with Crippen molar-refractivity contribution in [3.8, 4) is 0 Å². The molecule has 1 aliphatic heterocycles. The normalized spacial score (nSPS) is 17.3. The van der Waals surface area contributed by atoms with Gasteiger partial charge in [-0.25, -0.2) is 4.79 Å². The van der Waals surface area contributed by atoms with Crippen LogP contribution in [-0.4, -0.2) is 24.0 Å². The summed E-state index contributed by atoms with van der Waals surface area (Å²) >= 11 is 0. The second kappa shape index (κ2) is 7.32. The second-order valence-electron chi connectivity index (χ2n) is 6.18. The van der Waals surface area contributed by atoms with Gasteiger partial charge in [-0.3, -0.25) is 0 Å². The highest BCUT2D eigenvalue weighted by Crippen LogP contribution is 2.33. The van der Waals surface area contributed by atoms with E-state index in [2.05, 4.69) is 48.6 Å². The molecule has 1 saturated heterocycles. The third-order valence-electron chi connectivity index (χ3n) is 4.59. The summed E-state index contributed by atoms with van der Waals surface area (Å²) in [5.74, 6) is 0. The fraction of sp³-hybridized carbons (Fsp3) is 0.350. The van der Waals surface area contributed by atoms with Gasteiger partial charge in [-0.15, -0.1) is 0 Å². The zero-order chi connectivity index (χ0) is 16.1. The molecule has 0 aliphatic carbocycles. The maximum Gasteiger partial charge on any atom is 0.317 e. The summed E-state index contributed by atoms with van der Waals surface area (Å²) in [6, 6.07) is 18.9. The molecular formula is C20H24N2O. The molecule has 23 heavy (non-hydrogen) atoms. The Hall–Kier alpha value is -2.29. The van der Waals surface area contributed by atoms with Crippen LogP contribution in [0.4, 0.5) is 4.79 Å². The smallest absolute Gasteiger partial charge is 0.317 e. The fourth-order valence-corrected chi connectivity index (χ4v) is 3.35.